The van der Waals surface area contributed by atoms with E-state index in [2.05, 4.69) is 26.0 Å². The number of nitriles is 1. The molecule has 0 aliphatic heterocycles. The number of esters is 1. The van der Waals surface area contributed by atoms with E-state index in [0.29, 0.717) is 23.4 Å². The number of hydrogen-bond donors (Lipinski definition) is 0. The summed E-state index contributed by atoms with van der Waals surface area (Å²) in [5, 5.41) is 8.92. The lowest BCUT2D eigenvalue weighted by Crippen LogP contribution is -2.10. The molecule has 0 spiro atoms. The summed E-state index contributed by atoms with van der Waals surface area (Å²) >= 11 is 0. The molecule has 0 aliphatic carbocycles. The minimum Gasteiger partial charge on any atom is -0.462 e. The fourth-order valence-electron chi connectivity index (χ4n) is 2.99. The van der Waals surface area contributed by atoms with E-state index in [4.69, 9.17) is 10.00 Å². The van der Waals surface area contributed by atoms with Gasteiger partial charge in [-0.15, -0.1) is 0 Å². The van der Waals surface area contributed by atoms with Crippen molar-refractivity contribution in [1.82, 2.24) is 9.97 Å². The SMILES string of the molecule is CCOC(=O)c1ccc(C#Cc2ccc(OS(C)(=O)=O)cc2C(F)(F)F)c(-c2cnc(C#N)nc2)c1. The van der Waals surface area contributed by atoms with Crippen LogP contribution in [0.25, 0.3) is 11.1 Å². The van der Waals surface area contributed by atoms with E-state index in [1.807, 2.05) is 0 Å². The van der Waals surface area contributed by atoms with Crippen molar-refractivity contribution in [3.8, 4) is 34.8 Å². The number of ether oxygens (including phenoxy) is 1. The number of carbonyl (C=O) groups excluding carboxylic acids is 1. The van der Waals surface area contributed by atoms with Crippen molar-refractivity contribution in [2.75, 3.05) is 12.9 Å². The lowest BCUT2D eigenvalue weighted by molar-refractivity contribution is -0.137. The molecular weight excluding hydrogens is 499 g/mol. The molecule has 3 aromatic rings. The van der Waals surface area contributed by atoms with Crippen LogP contribution in [0.5, 0.6) is 5.75 Å². The monoisotopic (exact) mass is 515 g/mol. The zero-order valence-electron chi connectivity index (χ0n) is 18.8. The highest BCUT2D eigenvalue weighted by molar-refractivity contribution is 7.86. The van der Waals surface area contributed by atoms with Gasteiger partial charge in [-0.1, -0.05) is 11.8 Å². The van der Waals surface area contributed by atoms with Gasteiger partial charge < -0.3 is 8.92 Å². The first kappa shape index (κ1) is 26.2. The van der Waals surface area contributed by atoms with Gasteiger partial charge in [-0.05, 0) is 43.3 Å². The first-order chi connectivity index (χ1) is 16.9. The molecule has 1 aromatic heterocycles. The first-order valence-corrected chi connectivity index (χ1v) is 11.9. The average Bonchev–Trinajstić information content (AvgIpc) is 2.82. The van der Waals surface area contributed by atoms with Crippen LogP contribution in [0, 0.1) is 23.2 Å². The van der Waals surface area contributed by atoms with E-state index < -0.39 is 39.1 Å². The van der Waals surface area contributed by atoms with Crippen molar-refractivity contribution in [2.45, 2.75) is 13.1 Å². The summed E-state index contributed by atoms with van der Waals surface area (Å²) in [7, 11) is -4.04. The van der Waals surface area contributed by atoms with Gasteiger partial charge in [0.2, 0.25) is 5.82 Å². The summed E-state index contributed by atoms with van der Waals surface area (Å²) in [6.45, 7) is 1.77. The van der Waals surface area contributed by atoms with Crippen molar-refractivity contribution in [3.05, 3.63) is 76.9 Å². The van der Waals surface area contributed by atoms with E-state index >= 15 is 0 Å². The number of alkyl halides is 3. The van der Waals surface area contributed by atoms with Crippen LogP contribution in [0.2, 0.25) is 0 Å². The molecule has 0 N–H and O–H groups in total. The van der Waals surface area contributed by atoms with Crippen LogP contribution in [0.3, 0.4) is 0 Å². The highest BCUT2D eigenvalue weighted by Crippen LogP contribution is 2.34. The minimum atomic E-state index is -4.85. The molecule has 0 bridgehead atoms. The topological polar surface area (TPSA) is 119 Å². The predicted molar refractivity (Wildman–Crippen MR) is 121 cm³/mol. The Morgan fingerprint density at radius 2 is 1.69 bits per heavy atom. The summed E-state index contributed by atoms with van der Waals surface area (Å²) < 4.78 is 73.1. The lowest BCUT2D eigenvalue weighted by atomic mass is 9.98. The first-order valence-electron chi connectivity index (χ1n) is 10.1. The highest BCUT2D eigenvalue weighted by atomic mass is 32.2. The Labute approximate surface area is 204 Å². The van der Waals surface area contributed by atoms with Crippen molar-refractivity contribution in [2.24, 2.45) is 0 Å². The van der Waals surface area contributed by atoms with Crippen molar-refractivity contribution in [1.29, 1.82) is 5.26 Å². The van der Waals surface area contributed by atoms with Gasteiger partial charge in [-0.3, -0.25) is 0 Å². The molecule has 12 heteroatoms. The third kappa shape index (κ3) is 6.58. The van der Waals surface area contributed by atoms with Crippen LogP contribution < -0.4 is 4.18 Å². The van der Waals surface area contributed by atoms with Crippen LogP contribution in [0.1, 0.15) is 39.8 Å². The molecule has 1 heterocycles. The summed E-state index contributed by atoms with van der Waals surface area (Å²) in [4.78, 5) is 20.0. The van der Waals surface area contributed by atoms with Gasteiger partial charge in [-0.2, -0.15) is 26.9 Å². The molecule has 0 radical (unpaired) electrons. The zero-order valence-corrected chi connectivity index (χ0v) is 19.6. The van der Waals surface area contributed by atoms with E-state index in [1.54, 1.807) is 13.0 Å². The van der Waals surface area contributed by atoms with Gasteiger partial charge in [0.05, 0.1) is 24.0 Å². The Kier molecular flexibility index (Phi) is 7.61. The maximum atomic E-state index is 13.6. The molecular formula is C24H16F3N3O5S. The minimum absolute atomic E-state index is 0.0980. The maximum Gasteiger partial charge on any atom is 0.417 e. The third-order valence-corrected chi connectivity index (χ3v) is 4.96. The quantitative estimate of drug-likeness (QED) is 0.285. The molecule has 36 heavy (non-hydrogen) atoms. The number of carbonyl (C=O) groups is 1. The van der Waals surface area contributed by atoms with Crippen LogP contribution in [-0.4, -0.2) is 37.2 Å². The molecule has 0 saturated carbocycles. The molecule has 3 rings (SSSR count). The van der Waals surface area contributed by atoms with E-state index in [1.165, 1.54) is 30.6 Å². The van der Waals surface area contributed by atoms with E-state index in [-0.39, 0.29) is 23.6 Å². The molecule has 2 aromatic carbocycles. The summed E-state index contributed by atoms with van der Waals surface area (Å²) in [6.07, 6.45) is -1.50. The fraction of sp³-hybridized carbons (Fsp3) is 0.167. The molecule has 0 amide bonds. The van der Waals surface area contributed by atoms with E-state index in [0.717, 1.165) is 12.1 Å². The van der Waals surface area contributed by atoms with Gasteiger partial charge >= 0.3 is 22.3 Å². The lowest BCUT2D eigenvalue weighted by Gasteiger charge is -2.11. The maximum absolute atomic E-state index is 13.6. The highest BCUT2D eigenvalue weighted by Gasteiger charge is 2.34. The Morgan fingerprint density at radius 1 is 1.06 bits per heavy atom. The Hall–Kier alpha value is -4.42. The van der Waals surface area contributed by atoms with Crippen LogP contribution in [0.15, 0.2) is 48.8 Å². The largest absolute Gasteiger partial charge is 0.462 e. The second-order valence-corrected chi connectivity index (χ2v) is 8.71. The predicted octanol–water partition coefficient (Wildman–Crippen LogP) is 3.95. The molecule has 0 atom stereocenters. The van der Waals surface area contributed by atoms with Gasteiger partial charge in [0.1, 0.15) is 11.8 Å². The number of aromatic nitrogens is 2. The number of nitrogens with zero attached hydrogens (tertiary/aromatic N) is 3. The van der Waals surface area contributed by atoms with E-state index in [9.17, 15) is 26.4 Å². The average molecular weight is 515 g/mol. The Morgan fingerprint density at radius 3 is 2.28 bits per heavy atom. The van der Waals surface area contributed by atoms with Crippen molar-refractivity contribution >= 4 is 16.1 Å². The van der Waals surface area contributed by atoms with Gasteiger partial charge in [-0.25, -0.2) is 14.8 Å². The number of hydrogen-bond acceptors (Lipinski definition) is 8. The molecule has 0 unspecified atom stereocenters. The number of halogens is 3. The van der Waals surface area contributed by atoms with Crippen LogP contribution in [0.4, 0.5) is 13.2 Å². The third-order valence-electron chi connectivity index (χ3n) is 4.47. The van der Waals surface area contributed by atoms with Crippen molar-refractivity contribution in [3.63, 3.8) is 0 Å². The molecule has 0 saturated heterocycles. The van der Waals surface area contributed by atoms with Gasteiger partial charge in [0.25, 0.3) is 0 Å². The molecule has 0 aliphatic rings. The second kappa shape index (κ2) is 10.5. The van der Waals surface area contributed by atoms with Crippen LogP contribution >= 0.6 is 0 Å². The fourth-order valence-corrected chi connectivity index (χ4v) is 3.44. The van der Waals surface area contributed by atoms with Crippen LogP contribution in [-0.2, 0) is 21.0 Å². The summed E-state index contributed by atoms with van der Waals surface area (Å²) in [5.74, 6) is 3.88. The normalized spacial score (nSPS) is 11.1. The Balaban J connectivity index is 2.13. The summed E-state index contributed by atoms with van der Waals surface area (Å²) in [6, 6.07) is 8.64. The number of benzene rings is 2. The molecule has 184 valence electrons. The Bertz CT molecular complexity index is 1520. The standard InChI is InChI=1S/C24H16F3N3O5S/c1-3-34-23(31)17-7-5-15(20(10-17)18-13-29-22(12-28)30-14-18)4-6-16-8-9-19(35-36(2,32)33)11-21(16)24(25,26)27/h5,7-11,13-14H,3H2,1-2H3. The zero-order chi connectivity index (χ0) is 26.5. The summed E-state index contributed by atoms with van der Waals surface area (Å²) in [5.41, 5.74) is -0.538. The second-order valence-electron chi connectivity index (χ2n) is 7.13. The molecule has 0 fully saturated rings. The van der Waals surface area contributed by atoms with Gasteiger partial charge in [0, 0.05) is 34.6 Å². The van der Waals surface area contributed by atoms with Crippen molar-refractivity contribution < 1.29 is 35.3 Å². The molecule has 8 nitrogen and oxygen atoms in total. The smallest absolute Gasteiger partial charge is 0.417 e. The number of rotatable bonds is 5. The van der Waals surface area contributed by atoms with Gasteiger partial charge in [0.15, 0.2) is 0 Å².